The van der Waals surface area contributed by atoms with Crippen LogP contribution in [0.3, 0.4) is 0 Å². The zero-order valence-electron chi connectivity index (χ0n) is 13.7. The molecule has 0 aliphatic rings. The van der Waals surface area contributed by atoms with Crippen LogP contribution in [0.2, 0.25) is 0 Å². The lowest BCUT2D eigenvalue weighted by atomic mass is 9.91. The maximum atomic E-state index is 7.54. The van der Waals surface area contributed by atoms with Crippen molar-refractivity contribution in [3.63, 3.8) is 0 Å². The molecule has 114 valence electrons. The number of hydrogen-bond acceptors (Lipinski definition) is 0. The Morgan fingerprint density at radius 1 is 0.542 bits per heavy atom. The van der Waals surface area contributed by atoms with Gasteiger partial charge < -0.3 is 0 Å². The molecule has 0 aliphatic carbocycles. The van der Waals surface area contributed by atoms with Gasteiger partial charge in [0.15, 0.2) is 11.4 Å². The first-order valence-electron chi connectivity index (χ1n) is 7.71. The molecule has 0 amide bonds. The lowest BCUT2D eigenvalue weighted by Gasteiger charge is -2.14. The highest BCUT2D eigenvalue weighted by Gasteiger charge is 2.15. The molecule has 3 aromatic carbocycles. The van der Waals surface area contributed by atoms with Crippen LogP contribution < -0.4 is 0 Å². The summed E-state index contributed by atoms with van der Waals surface area (Å²) >= 11 is 0. The second kappa shape index (κ2) is 6.41. The fourth-order valence-corrected chi connectivity index (χ4v) is 3.00. The standard InChI is InChI=1S/C22H16N2/c1-15-9-7-13-19(21(15)23-3)17-11-5-6-12-18(17)20-14-8-10-16(2)22(20)24-4/h5-14H,1-2H3. The maximum Gasteiger partial charge on any atom is 0.197 e. The van der Waals surface area contributed by atoms with Crippen molar-refractivity contribution in [3.05, 3.63) is 94.6 Å². The van der Waals surface area contributed by atoms with E-state index in [1.165, 1.54) is 0 Å². The smallest absolute Gasteiger partial charge is 0.197 e. The monoisotopic (exact) mass is 308 g/mol. The lowest BCUT2D eigenvalue weighted by Crippen LogP contribution is -1.88. The van der Waals surface area contributed by atoms with Gasteiger partial charge in [-0.25, -0.2) is 9.69 Å². The lowest BCUT2D eigenvalue weighted by molar-refractivity contribution is 1.46. The molecule has 3 aromatic rings. The molecule has 0 bridgehead atoms. The number of aryl methyl sites for hydroxylation is 2. The first-order valence-corrected chi connectivity index (χ1v) is 7.71. The second-order valence-electron chi connectivity index (χ2n) is 5.71. The van der Waals surface area contributed by atoms with Crippen molar-refractivity contribution in [1.29, 1.82) is 0 Å². The molecule has 0 radical (unpaired) electrons. The molecule has 0 saturated heterocycles. The Hall–Kier alpha value is -3.36. The number of rotatable bonds is 2. The van der Waals surface area contributed by atoms with Crippen LogP contribution in [0.4, 0.5) is 11.4 Å². The van der Waals surface area contributed by atoms with Crippen molar-refractivity contribution >= 4 is 11.4 Å². The van der Waals surface area contributed by atoms with E-state index < -0.39 is 0 Å². The van der Waals surface area contributed by atoms with Gasteiger partial charge in [-0.1, -0.05) is 60.7 Å². The molecule has 0 fully saturated rings. The molecular weight excluding hydrogens is 292 g/mol. The van der Waals surface area contributed by atoms with E-state index in [1.54, 1.807) is 0 Å². The van der Waals surface area contributed by atoms with Crippen molar-refractivity contribution in [2.45, 2.75) is 13.8 Å². The summed E-state index contributed by atoms with van der Waals surface area (Å²) in [5.74, 6) is 0. The van der Waals surface area contributed by atoms with Gasteiger partial charge in [-0.05, 0) is 47.2 Å². The second-order valence-corrected chi connectivity index (χ2v) is 5.71. The maximum absolute atomic E-state index is 7.54. The molecule has 0 saturated carbocycles. The summed E-state index contributed by atoms with van der Waals surface area (Å²) in [4.78, 5) is 7.46. The average Bonchev–Trinajstić information content (AvgIpc) is 2.61. The van der Waals surface area contributed by atoms with E-state index in [-0.39, 0.29) is 0 Å². The number of hydrogen-bond donors (Lipinski definition) is 0. The molecule has 2 heteroatoms. The van der Waals surface area contributed by atoms with Crippen LogP contribution in [0, 0.1) is 27.0 Å². The largest absolute Gasteiger partial charge is 0.237 e. The van der Waals surface area contributed by atoms with Crippen molar-refractivity contribution in [2.75, 3.05) is 0 Å². The Labute approximate surface area is 142 Å². The summed E-state index contributed by atoms with van der Waals surface area (Å²) in [5, 5.41) is 0. The van der Waals surface area contributed by atoms with Crippen molar-refractivity contribution < 1.29 is 0 Å². The number of nitrogens with zero attached hydrogens (tertiary/aromatic N) is 2. The Morgan fingerprint density at radius 2 is 0.917 bits per heavy atom. The third kappa shape index (κ3) is 2.56. The summed E-state index contributed by atoms with van der Waals surface area (Å²) in [6.45, 7) is 19.0. The topological polar surface area (TPSA) is 8.72 Å². The van der Waals surface area contributed by atoms with Crippen molar-refractivity contribution in [2.24, 2.45) is 0 Å². The Balaban J connectivity index is 2.34. The summed E-state index contributed by atoms with van der Waals surface area (Å²) in [7, 11) is 0. The van der Waals surface area contributed by atoms with Crippen LogP contribution in [-0.4, -0.2) is 0 Å². The average molecular weight is 308 g/mol. The van der Waals surface area contributed by atoms with Gasteiger partial charge in [-0.3, -0.25) is 0 Å². The minimum atomic E-state index is 0.668. The van der Waals surface area contributed by atoms with Crippen LogP contribution in [0.25, 0.3) is 31.9 Å². The van der Waals surface area contributed by atoms with Crippen LogP contribution in [0.15, 0.2) is 60.7 Å². The van der Waals surface area contributed by atoms with Crippen molar-refractivity contribution in [1.82, 2.24) is 0 Å². The van der Waals surface area contributed by atoms with Crippen LogP contribution in [0.5, 0.6) is 0 Å². The van der Waals surface area contributed by atoms with Gasteiger partial charge in [0, 0.05) is 0 Å². The predicted octanol–water partition coefficient (Wildman–Crippen LogP) is 6.74. The Morgan fingerprint density at radius 3 is 1.29 bits per heavy atom. The molecule has 0 spiro atoms. The zero-order valence-corrected chi connectivity index (χ0v) is 13.7. The highest BCUT2D eigenvalue weighted by atomic mass is 14.7. The Kier molecular flexibility index (Phi) is 4.15. The van der Waals surface area contributed by atoms with Crippen molar-refractivity contribution in [3.8, 4) is 22.3 Å². The van der Waals surface area contributed by atoms with Gasteiger partial charge in [-0.2, -0.15) is 0 Å². The molecule has 0 aliphatic heterocycles. The van der Waals surface area contributed by atoms with E-state index in [0.29, 0.717) is 11.4 Å². The van der Waals surface area contributed by atoms with Crippen LogP contribution >= 0.6 is 0 Å². The minimum absolute atomic E-state index is 0.668. The molecule has 24 heavy (non-hydrogen) atoms. The molecule has 0 atom stereocenters. The fraction of sp³-hybridized carbons (Fsp3) is 0.0909. The third-order valence-electron chi connectivity index (χ3n) is 4.21. The number of benzene rings is 3. The van der Waals surface area contributed by atoms with Gasteiger partial charge >= 0.3 is 0 Å². The Bertz CT molecular complexity index is 919. The molecule has 0 unspecified atom stereocenters. The van der Waals surface area contributed by atoms with Gasteiger partial charge in [0.05, 0.1) is 13.1 Å². The highest BCUT2D eigenvalue weighted by molar-refractivity contribution is 5.94. The van der Waals surface area contributed by atoms with E-state index in [9.17, 15) is 0 Å². The quantitative estimate of drug-likeness (QED) is 0.463. The first kappa shape index (κ1) is 15.5. The minimum Gasteiger partial charge on any atom is -0.237 e. The summed E-state index contributed by atoms with van der Waals surface area (Å²) in [6, 6.07) is 19.8. The van der Waals surface area contributed by atoms with Gasteiger partial charge in [0.2, 0.25) is 0 Å². The normalized spacial score (nSPS) is 10.0. The third-order valence-corrected chi connectivity index (χ3v) is 4.21. The molecule has 0 aromatic heterocycles. The van der Waals surface area contributed by atoms with E-state index in [4.69, 9.17) is 13.1 Å². The summed E-state index contributed by atoms with van der Waals surface area (Å²) in [6.07, 6.45) is 0. The summed E-state index contributed by atoms with van der Waals surface area (Å²) < 4.78 is 0. The van der Waals surface area contributed by atoms with Gasteiger partial charge in [0.25, 0.3) is 0 Å². The first-order chi connectivity index (χ1) is 11.7. The van der Waals surface area contributed by atoms with Gasteiger partial charge in [0.1, 0.15) is 0 Å². The summed E-state index contributed by atoms with van der Waals surface area (Å²) in [5.41, 5.74) is 7.07. The number of para-hydroxylation sites is 2. The molecule has 0 heterocycles. The van der Waals surface area contributed by atoms with E-state index in [2.05, 4.69) is 9.69 Å². The van der Waals surface area contributed by atoms with E-state index in [0.717, 1.165) is 33.4 Å². The van der Waals surface area contributed by atoms with E-state index in [1.807, 2.05) is 74.5 Å². The molecule has 3 rings (SSSR count). The molecule has 0 N–H and O–H groups in total. The predicted molar refractivity (Wildman–Crippen MR) is 99.3 cm³/mol. The zero-order chi connectivity index (χ0) is 17.1. The van der Waals surface area contributed by atoms with Crippen LogP contribution in [0.1, 0.15) is 11.1 Å². The fourth-order valence-electron chi connectivity index (χ4n) is 3.00. The highest BCUT2D eigenvalue weighted by Crippen LogP contribution is 2.42. The van der Waals surface area contributed by atoms with E-state index >= 15 is 0 Å². The van der Waals surface area contributed by atoms with Crippen LogP contribution in [-0.2, 0) is 0 Å². The SMILES string of the molecule is [C-]#[N+]c1c(C)cccc1-c1ccccc1-c1cccc(C)c1[N+]#[C-]. The van der Waals surface area contributed by atoms with Gasteiger partial charge in [-0.15, -0.1) is 0 Å². The molecule has 2 nitrogen and oxygen atoms in total. The molecular formula is C22H16N2.